The van der Waals surface area contributed by atoms with Crippen LogP contribution in [0.4, 0.5) is 0 Å². The normalized spacial score (nSPS) is 24.9. The molecule has 2 N–H and O–H groups in total. The number of hydrogen-bond acceptors (Lipinski definition) is 4. The second kappa shape index (κ2) is 4.79. The molecule has 1 saturated heterocycles. The van der Waals surface area contributed by atoms with Crippen LogP contribution in [0.1, 0.15) is 18.2 Å². The summed E-state index contributed by atoms with van der Waals surface area (Å²) in [6, 6.07) is 0. The van der Waals surface area contributed by atoms with Crippen molar-refractivity contribution in [3.63, 3.8) is 0 Å². The number of rotatable bonds is 2. The number of nitrogens with zero attached hydrogens (tertiary/aromatic N) is 2. The van der Waals surface area contributed by atoms with Crippen molar-refractivity contribution in [1.29, 1.82) is 0 Å². The molecular formula is C12H14ClN3O3. The van der Waals surface area contributed by atoms with Crippen LogP contribution < -0.4 is 5.32 Å². The number of aliphatic hydroxyl groups is 1. The SMILES string of the molecule is CC(=O)C1C(=O)NC(=Cc2c(C)nn(C)c2Cl)C1O. The predicted molar refractivity (Wildman–Crippen MR) is 69.3 cm³/mol. The summed E-state index contributed by atoms with van der Waals surface area (Å²) in [5.74, 6) is -1.92. The van der Waals surface area contributed by atoms with E-state index in [1.165, 1.54) is 11.6 Å². The van der Waals surface area contributed by atoms with Crippen molar-refractivity contribution in [3.05, 3.63) is 22.1 Å². The second-order valence-corrected chi connectivity index (χ2v) is 4.89. The molecule has 1 aliphatic rings. The first-order valence-electron chi connectivity index (χ1n) is 5.73. The highest BCUT2D eigenvalue weighted by atomic mass is 35.5. The summed E-state index contributed by atoms with van der Waals surface area (Å²) in [5, 5.41) is 17.0. The zero-order valence-electron chi connectivity index (χ0n) is 10.8. The van der Waals surface area contributed by atoms with Gasteiger partial charge in [0.2, 0.25) is 5.91 Å². The Balaban J connectivity index is 2.40. The molecule has 1 amide bonds. The predicted octanol–water partition coefficient (Wildman–Crippen LogP) is 0.419. The van der Waals surface area contributed by atoms with Crippen LogP contribution >= 0.6 is 11.6 Å². The van der Waals surface area contributed by atoms with E-state index < -0.39 is 17.9 Å². The maximum Gasteiger partial charge on any atom is 0.237 e. The highest BCUT2D eigenvalue weighted by Gasteiger charge is 2.40. The standard InChI is InChI=1S/C12H14ClN3O3/c1-5-7(11(13)16(3)15-5)4-8-10(18)9(6(2)17)12(19)14-8/h4,9-10,18H,1-3H3,(H,14,19). The molecule has 0 bridgehead atoms. The molecule has 0 spiro atoms. The van der Waals surface area contributed by atoms with Crippen LogP contribution in [0.15, 0.2) is 5.70 Å². The smallest absolute Gasteiger partial charge is 0.237 e. The molecule has 1 fully saturated rings. The molecule has 2 heterocycles. The molecular weight excluding hydrogens is 270 g/mol. The molecule has 0 aromatic carbocycles. The third-order valence-electron chi connectivity index (χ3n) is 3.12. The quantitative estimate of drug-likeness (QED) is 0.771. The fourth-order valence-electron chi connectivity index (χ4n) is 2.11. The van der Waals surface area contributed by atoms with E-state index in [1.807, 2.05) is 0 Å². The van der Waals surface area contributed by atoms with E-state index in [1.54, 1.807) is 20.0 Å². The molecule has 19 heavy (non-hydrogen) atoms. The Morgan fingerprint density at radius 1 is 1.58 bits per heavy atom. The number of ketones is 1. The topological polar surface area (TPSA) is 84.2 Å². The highest BCUT2D eigenvalue weighted by Crippen LogP contribution is 2.26. The van der Waals surface area contributed by atoms with Crippen molar-refractivity contribution < 1.29 is 14.7 Å². The fraction of sp³-hybridized carbons (Fsp3) is 0.417. The molecule has 0 radical (unpaired) electrons. The van der Waals surface area contributed by atoms with Gasteiger partial charge < -0.3 is 10.4 Å². The molecule has 102 valence electrons. The Labute approximate surface area is 115 Å². The minimum atomic E-state index is -1.17. The number of nitrogens with one attached hydrogen (secondary N) is 1. The molecule has 0 aliphatic carbocycles. The molecule has 2 atom stereocenters. The summed E-state index contributed by atoms with van der Waals surface area (Å²) >= 11 is 6.07. The van der Waals surface area contributed by atoms with Crippen LogP contribution in [-0.4, -0.2) is 32.7 Å². The number of carbonyl (C=O) groups is 2. The third kappa shape index (κ3) is 2.29. The van der Waals surface area contributed by atoms with Gasteiger partial charge >= 0.3 is 0 Å². The first-order valence-corrected chi connectivity index (χ1v) is 6.10. The molecule has 1 aromatic rings. The number of aryl methyl sites for hydroxylation is 2. The van der Waals surface area contributed by atoms with Gasteiger partial charge in [-0.2, -0.15) is 5.10 Å². The fourth-order valence-corrected chi connectivity index (χ4v) is 2.34. The number of carbonyl (C=O) groups excluding carboxylic acids is 2. The van der Waals surface area contributed by atoms with Gasteiger partial charge in [0.15, 0.2) is 0 Å². The number of hydrogen-bond donors (Lipinski definition) is 2. The van der Waals surface area contributed by atoms with E-state index in [0.717, 1.165) is 0 Å². The van der Waals surface area contributed by atoms with E-state index in [9.17, 15) is 14.7 Å². The summed E-state index contributed by atoms with van der Waals surface area (Å²) in [7, 11) is 1.69. The maximum absolute atomic E-state index is 11.6. The summed E-state index contributed by atoms with van der Waals surface area (Å²) in [6.07, 6.45) is 0.386. The minimum absolute atomic E-state index is 0.267. The van der Waals surface area contributed by atoms with Crippen LogP contribution in [-0.2, 0) is 16.6 Å². The van der Waals surface area contributed by atoms with E-state index in [4.69, 9.17) is 11.6 Å². The molecule has 2 unspecified atom stereocenters. The van der Waals surface area contributed by atoms with Gasteiger partial charge in [-0.3, -0.25) is 14.3 Å². The Morgan fingerprint density at radius 3 is 2.63 bits per heavy atom. The van der Waals surface area contributed by atoms with Gasteiger partial charge in [0.1, 0.15) is 23.0 Å². The molecule has 1 aromatic heterocycles. The summed E-state index contributed by atoms with van der Waals surface area (Å²) in [6.45, 7) is 3.04. The summed E-state index contributed by atoms with van der Waals surface area (Å²) in [5.41, 5.74) is 1.55. The Hall–Kier alpha value is -1.66. The van der Waals surface area contributed by atoms with Crippen molar-refractivity contribution in [2.45, 2.75) is 20.0 Å². The lowest BCUT2D eigenvalue weighted by Crippen LogP contribution is -2.28. The van der Waals surface area contributed by atoms with Crippen molar-refractivity contribution in [2.75, 3.05) is 0 Å². The van der Waals surface area contributed by atoms with Gasteiger partial charge in [-0.1, -0.05) is 11.6 Å². The molecule has 6 nitrogen and oxygen atoms in total. The zero-order valence-corrected chi connectivity index (χ0v) is 11.5. The number of amides is 1. The van der Waals surface area contributed by atoms with E-state index in [-0.39, 0.29) is 11.5 Å². The van der Waals surface area contributed by atoms with Crippen LogP contribution in [0.5, 0.6) is 0 Å². The monoisotopic (exact) mass is 283 g/mol. The lowest BCUT2D eigenvalue weighted by molar-refractivity contribution is -0.132. The Kier molecular flexibility index (Phi) is 3.47. The molecule has 1 aliphatic heterocycles. The van der Waals surface area contributed by atoms with Crippen LogP contribution in [0.3, 0.4) is 0 Å². The lowest BCUT2D eigenvalue weighted by Gasteiger charge is -2.07. The summed E-state index contributed by atoms with van der Waals surface area (Å²) < 4.78 is 1.49. The van der Waals surface area contributed by atoms with Crippen molar-refractivity contribution in [1.82, 2.24) is 15.1 Å². The minimum Gasteiger partial charge on any atom is -0.386 e. The zero-order chi connectivity index (χ0) is 14.3. The molecule has 0 saturated carbocycles. The van der Waals surface area contributed by atoms with Gasteiger partial charge in [-0.05, 0) is 19.9 Å². The van der Waals surface area contributed by atoms with Crippen LogP contribution in [0.2, 0.25) is 5.15 Å². The van der Waals surface area contributed by atoms with Crippen LogP contribution in [0.25, 0.3) is 6.08 Å². The number of aromatic nitrogens is 2. The van der Waals surface area contributed by atoms with E-state index in [0.29, 0.717) is 16.4 Å². The van der Waals surface area contributed by atoms with Gasteiger partial charge in [-0.15, -0.1) is 0 Å². The summed E-state index contributed by atoms with van der Waals surface area (Å²) in [4.78, 5) is 22.9. The van der Waals surface area contributed by atoms with Crippen molar-refractivity contribution >= 4 is 29.4 Å². The molecule has 2 rings (SSSR count). The number of Topliss-reactive ketones (excluding diaryl/α,β-unsaturated/α-hetero) is 1. The van der Waals surface area contributed by atoms with Gasteiger partial charge in [0.05, 0.1) is 5.69 Å². The maximum atomic E-state index is 11.6. The van der Waals surface area contributed by atoms with Gasteiger partial charge in [-0.25, -0.2) is 0 Å². The number of aliphatic hydroxyl groups excluding tert-OH is 1. The molecule has 7 heteroatoms. The first-order chi connectivity index (χ1) is 8.82. The van der Waals surface area contributed by atoms with Gasteiger partial charge in [0.25, 0.3) is 0 Å². The second-order valence-electron chi connectivity index (χ2n) is 4.54. The first kappa shape index (κ1) is 13.8. The van der Waals surface area contributed by atoms with Crippen molar-refractivity contribution in [3.8, 4) is 0 Å². The third-order valence-corrected chi connectivity index (χ3v) is 3.57. The van der Waals surface area contributed by atoms with E-state index >= 15 is 0 Å². The lowest BCUT2D eigenvalue weighted by atomic mass is 9.99. The largest absolute Gasteiger partial charge is 0.386 e. The Bertz CT molecular complexity index is 591. The van der Waals surface area contributed by atoms with Crippen LogP contribution in [0, 0.1) is 12.8 Å². The average molecular weight is 284 g/mol. The van der Waals surface area contributed by atoms with Gasteiger partial charge in [0, 0.05) is 18.3 Å². The number of halogens is 1. The van der Waals surface area contributed by atoms with Crippen molar-refractivity contribution in [2.24, 2.45) is 13.0 Å². The van der Waals surface area contributed by atoms with E-state index in [2.05, 4.69) is 10.4 Å². The highest BCUT2D eigenvalue weighted by molar-refractivity contribution is 6.31. The Morgan fingerprint density at radius 2 is 2.21 bits per heavy atom. The average Bonchev–Trinajstić information content (AvgIpc) is 2.71.